The number of rotatable bonds is 3. The first-order valence-corrected chi connectivity index (χ1v) is 7.73. The van der Waals surface area contributed by atoms with E-state index in [0.717, 1.165) is 19.2 Å². The fraction of sp³-hybridized carbons (Fsp3) is 0.562. The van der Waals surface area contributed by atoms with Crippen LogP contribution >= 0.6 is 0 Å². The minimum Gasteiger partial charge on any atom is -0.496 e. The van der Waals surface area contributed by atoms with E-state index in [2.05, 4.69) is 10.6 Å². The monoisotopic (exact) mass is 326 g/mol. The fourth-order valence-corrected chi connectivity index (χ4v) is 3.61. The molecule has 1 heterocycles. The molecule has 1 aliphatic heterocycles. The molecule has 1 amide bonds. The van der Waals surface area contributed by atoms with Gasteiger partial charge < -0.3 is 20.5 Å². The normalized spacial score (nSPS) is 29.9. The molecule has 7 heteroatoms. The Morgan fingerprint density at radius 1 is 1.30 bits per heavy atom. The minimum absolute atomic E-state index is 0.0351. The summed E-state index contributed by atoms with van der Waals surface area (Å²) < 4.78 is 32.3. The third-order valence-electron chi connectivity index (χ3n) is 4.87. The van der Waals surface area contributed by atoms with Gasteiger partial charge >= 0.3 is 0 Å². The molecule has 23 heavy (non-hydrogen) atoms. The van der Waals surface area contributed by atoms with E-state index in [1.807, 2.05) is 0 Å². The van der Waals surface area contributed by atoms with Crippen LogP contribution in [0.3, 0.4) is 0 Å². The Labute approximate surface area is 133 Å². The quantitative estimate of drug-likeness (QED) is 0.777. The molecule has 1 aromatic carbocycles. The van der Waals surface area contributed by atoms with Crippen LogP contribution in [0.2, 0.25) is 0 Å². The van der Waals surface area contributed by atoms with E-state index in [1.54, 1.807) is 0 Å². The Bertz CT molecular complexity index is 611. The maximum Gasteiger partial charge on any atom is 0.258 e. The molecule has 0 spiro atoms. The second-order valence-corrected chi connectivity index (χ2v) is 6.24. The molecule has 0 bridgehead atoms. The van der Waals surface area contributed by atoms with Gasteiger partial charge in [-0.1, -0.05) is 0 Å². The number of benzene rings is 1. The maximum atomic E-state index is 14.0. The van der Waals surface area contributed by atoms with Gasteiger partial charge in [0.2, 0.25) is 0 Å². The van der Waals surface area contributed by atoms with Crippen LogP contribution in [-0.4, -0.2) is 43.4 Å². The van der Waals surface area contributed by atoms with Crippen molar-refractivity contribution in [1.82, 2.24) is 10.6 Å². The molecular formula is C16H20F2N2O3. The van der Waals surface area contributed by atoms with Crippen LogP contribution in [0.5, 0.6) is 5.75 Å². The highest BCUT2D eigenvalue weighted by atomic mass is 19.2. The van der Waals surface area contributed by atoms with Crippen LogP contribution in [0.1, 0.15) is 23.2 Å². The van der Waals surface area contributed by atoms with Crippen LogP contribution < -0.4 is 15.4 Å². The van der Waals surface area contributed by atoms with Gasteiger partial charge in [0.15, 0.2) is 11.6 Å². The molecule has 2 aliphatic rings. The van der Waals surface area contributed by atoms with Gasteiger partial charge in [-0.3, -0.25) is 4.79 Å². The lowest BCUT2D eigenvalue weighted by molar-refractivity contribution is 0.0459. The molecule has 3 rings (SSSR count). The number of amides is 1. The highest BCUT2D eigenvalue weighted by Crippen LogP contribution is 2.33. The van der Waals surface area contributed by atoms with Gasteiger partial charge in [0.1, 0.15) is 11.3 Å². The zero-order valence-corrected chi connectivity index (χ0v) is 12.8. The Morgan fingerprint density at radius 3 is 2.70 bits per heavy atom. The lowest BCUT2D eigenvalue weighted by Crippen LogP contribution is -2.49. The van der Waals surface area contributed by atoms with Gasteiger partial charge in [-0.05, 0) is 49.9 Å². The maximum absolute atomic E-state index is 14.0. The number of ether oxygens (including phenoxy) is 1. The molecule has 126 valence electrons. The number of aliphatic hydroxyl groups is 1. The predicted octanol–water partition coefficient (Wildman–Crippen LogP) is 1.06. The number of fused-ring (bicyclic) bond motifs is 1. The van der Waals surface area contributed by atoms with E-state index in [1.165, 1.54) is 13.2 Å². The number of aliphatic hydroxyl groups excluding tert-OH is 1. The zero-order chi connectivity index (χ0) is 16.6. The average molecular weight is 326 g/mol. The van der Waals surface area contributed by atoms with Gasteiger partial charge in [0.05, 0.1) is 19.3 Å². The number of carbonyl (C=O) groups is 1. The van der Waals surface area contributed by atoms with E-state index >= 15 is 0 Å². The Kier molecular flexibility index (Phi) is 4.50. The Morgan fingerprint density at radius 2 is 2.00 bits per heavy atom. The van der Waals surface area contributed by atoms with Crippen molar-refractivity contribution < 1.29 is 23.4 Å². The number of carbonyl (C=O) groups excluding carboxylic acids is 1. The first-order chi connectivity index (χ1) is 11.0. The van der Waals surface area contributed by atoms with E-state index < -0.39 is 35.3 Å². The van der Waals surface area contributed by atoms with Crippen LogP contribution in [0.4, 0.5) is 8.78 Å². The summed E-state index contributed by atoms with van der Waals surface area (Å²) in [5.41, 5.74) is -0.466. The molecule has 1 aromatic rings. The van der Waals surface area contributed by atoms with Crippen molar-refractivity contribution in [3.8, 4) is 5.75 Å². The lowest BCUT2D eigenvalue weighted by atomic mass is 9.77. The molecule has 2 fully saturated rings. The number of hydrogen-bond donors (Lipinski definition) is 3. The van der Waals surface area contributed by atoms with Gasteiger partial charge in [0, 0.05) is 0 Å². The van der Waals surface area contributed by atoms with Gasteiger partial charge in [-0.15, -0.1) is 0 Å². The molecule has 1 aliphatic carbocycles. The number of methoxy groups -OCH3 is 1. The summed E-state index contributed by atoms with van der Waals surface area (Å²) >= 11 is 0. The molecular weight excluding hydrogens is 306 g/mol. The van der Waals surface area contributed by atoms with Crippen LogP contribution in [0.25, 0.3) is 0 Å². The highest BCUT2D eigenvalue weighted by Gasteiger charge is 2.39. The topological polar surface area (TPSA) is 70.6 Å². The molecule has 1 saturated carbocycles. The Hall–Kier alpha value is -1.73. The standard InChI is InChI=1S/C16H20F2N2O3/c1-23-13-3-2-10(17)15(18)14(13)16(22)20-11-4-8-6-19-7-9(8)5-12(11)21/h2-3,8-9,11-12,19,21H,4-7H2,1H3,(H,20,22)/t8-,9+,11-,12-/m0/s1. The van der Waals surface area contributed by atoms with Crippen LogP contribution in [0, 0.1) is 23.5 Å². The molecule has 1 saturated heterocycles. The highest BCUT2D eigenvalue weighted by molar-refractivity contribution is 5.97. The largest absolute Gasteiger partial charge is 0.496 e. The van der Waals surface area contributed by atoms with E-state index in [9.17, 15) is 18.7 Å². The van der Waals surface area contributed by atoms with Crippen molar-refractivity contribution >= 4 is 5.91 Å². The number of hydrogen-bond acceptors (Lipinski definition) is 4. The van der Waals surface area contributed by atoms with Crippen molar-refractivity contribution in [2.45, 2.75) is 25.0 Å². The fourth-order valence-electron chi connectivity index (χ4n) is 3.61. The second kappa shape index (κ2) is 6.41. The minimum atomic E-state index is -1.24. The molecule has 0 radical (unpaired) electrons. The number of nitrogens with one attached hydrogen (secondary N) is 2. The summed E-state index contributed by atoms with van der Waals surface area (Å²) in [5, 5.41) is 16.1. The van der Waals surface area contributed by atoms with Gasteiger partial charge in [-0.25, -0.2) is 8.78 Å². The van der Waals surface area contributed by atoms with Crippen molar-refractivity contribution in [2.24, 2.45) is 11.8 Å². The second-order valence-electron chi connectivity index (χ2n) is 6.24. The zero-order valence-electron chi connectivity index (χ0n) is 12.8. The van der Waals surface area contributed by atoms with E-state index in [0.29, 0.717) is 24.7 Å². The van der Waals surface area contributed by atoms with Gasteiger partial charge in [0.25, 0.3) is 5.91 Å². The Balaban J connectivity index is 1.78. The van der Waals surface area contributed by atoms with E-state index in [-0.39, 0.29) is 5.75 Å². The summed E-state index contributed by atoms with van der Waals surface area (Å²) in [6, 6.07) is 1.65. The van der Waals surface area contributed by atoms with Gasteiger partial charge in [-0.2, -0.15) is 0 Å². The smallest absolute Gasteiger partial charge is 0.258 e. The lowest BCUT2D eigenvalue weighted by Gasteiger charge is -2.35. The predicted molar refractivity (Wildman–Crippen MR) is 79.3 cm³/mol. The first-order valence-electron chi connectivity index (χ1n) is 7.73. The summed E-state index contributed by atoms with van der Waals surface area (Å²) in [5.74, 6) is -2.38. The molecule has 4 atom stereocenters. The van der Waals surface area contributed by atoms with Crippen molar-refractivity contribution in [3.05, 3.63) is 29.3 Å². The molecule has 3 N–H and O–H groups in total. The molecule has 0 aromatic heterocycles. The van der Waals surface area contributed by atoms with Crippen LogP contribution in [0.15, 0.2) is 12.1 Å². The average Bonchev–Trinajstić information content (AvgIpc) is 2.97. The van der Waals surface area contributed by atoms with Crippen molar-refractivity contribution in [3.63, 3.8) is 0 Å². The third kappa shape index (κ3) is 3.03. The van der Waals surface area contributed by atoms with Crippen molar-refractivity contribution in [1.29, 1.82) is 0 Å². The summed E-state index contributed by atoms with van der Waals surface area (Å²) in [6.45, 7) is 1.72. The first kappa shape index (κ1) is 16.1. The number of halogens is 2. The summed E-state index contributed by atoms with van der Waals surface area (Å²) in [4.78, 5) is 12.4. The van der Waals surface area contributed by atoms with E-state index in [4.69, 9.17) is 4.74 Å². The van der Waals surface area contributed by atoms with Crippen molar-refractivity contribution in [2.75, 3.05) is 20.2 Å². The van der Waals surface area contributed by atoms with Crippen LogP contribution in [-0.2, 0) is 0 Å². The SMILES string of the molecule is COc1ccc(F)c(F)c1C(=O)N[C@H]1C[C@H]2CNC[C@H]2C[C@@H]1O. The summed E-state index contributed by atoms with van der Waals surface area (Å²) in [7, 11) is 1.29. The molecule has 0 unspecified atom stereocenters. The molecule has 5 nitrogen and oxygen atoms in total. The third-order valence-corrected chi connectivity index (χ3v) is 4.87. The summed E-state index contributed by atoms with van der Waals surface area (Å²) in [6.07, 6.45) is 0.512.